The first-order valence-corrected chi connectivity index (χ1v) is 6.68. The minimum Gasteiger partial charge on any atom is -0.340 e. The Kier molecular flexibility index (Phi) is 3.16. The molecule has 2 atom stereocenters. The third-order valence-corrected chi connectivity index (χ3v) is 4.43. The van der Waals surface area contributed by atoms with E-state index in [-0.39, 0.29) is 0 Å². The van der Waals surface area contributed by atoms with Gasteiger partial charge in [0, 0.05) is 17.8 Å². The highest BCUT2D eigenvalue weighted by molar-refractivity contribution is 9.11. The van der Waals surface area contributed by atoms with Crippen LogP contribution in [0.4, 0.5) is 0 Å². The van der Waals surface area contributed by atoms with Crippen molar-refractivity contribution in [2.75, 3.05) is 7.05 Å². The van der Waals surface area contributed by atoms with Gasteiger partial charge in [0.1, 0.15) is 0 Å². The van der Waals surface area contributed by atoms with Crippen LogP contribution in [0.1, 0.15) is 18.2 Å². The number of carbonyl (C=O) groups excluding carboxylic acids is 1. The fourth-order valence-corrected chi connectivity index (χ4v) is 3.23. The second-order valence-electron chi connectivity index (χ2n) is 4.22. The number of carbonyl (C=O) groups is 1. The molecule has 1 aromatic heterocycles. The molecule has 1 aromatic rings. The van der Waals surface area contributed by atoms with Crippen molar-refractivity contribution in [2.45, 2.75) is 19.9 Å². The topological polar surface area (TPSA) is 20.3 Å². The Balaban J connectivity index is 1.92. The molecule has 82 valence electrons. The van der Waals surface area contributed by atoms with E-state index < -0.39 is 0 Å². The molecule has 15 heavy (non-hydrogen) atoms. The molecule has 2 rings (SSSR count). The first-order valence-electron chi connectivity index (χ1n) is 5.07. The molecular weight excluding hydrogens is 274 g/mol. The average molecular weight is 288 g/mol. The summed E-state index contributed by atoms with van der Waals surface area (Å²) in [5, 5.41) is 0. The van der Waals surface area contributed by atoms with Gasteiger partial charge < -0.3 is 4.90 Å². The van der Waals surface area contributed by atoms with Gasteiger partial charge in [-0.25, -0.2) is 0 Å². The van der Waals surface area contributed by atoms with Gasteiger partial charge >= 0.3 is 0 Å². The Morgan fingerprint density at radius 3 is 2.80 bits per heavy atom. The van der Waals surface area contributed by atoms with E-state index in [0.29, 0.717) is 17.7 Å². The maximum absolute atomic E-state index is 11.8. The van der Waals surface area contributed by atoms with Gasteiger partial charge in [0.25, 0.3) is 0 Å². The van der Waals surface area contributed by atoms with Crippen LogP contribution >= 0.6 is 27.3 Å². The third kappa shape index (κ3) is 2.61. The molecule has 2 unspecified atom stereocenters. The van der Waals surface area contributed by atoms with Crippen LogP contribution in [0.2, 0.25) is 0 Å². The van der Waals surface area contributed by atoms with E-state index in [4.69, 9.17) is 0 Å². The number of hydrogen-bond donors (Lipinski definition) is 0. The number of thiophene rings is 1. The monoisotopic (exact) mass is 287 g/mol. The van der Waals surface area contributed by atoms with Crippen molar-refractivity contribution in [1.29, 1.82) is 0 Å². The molecule has 0 aromatic carbocycles. The summed E-state index contributed by atoms with van der Waals surface area (Å²) in [6, 6.07) is 4.09. The van der Waals surface area contributed by atoms with Crippen LogP contribution in [0, 0.1) is 11.8 Å². The van der Waals surface area contributed by atoms with Crippen LogP contribution in [0.5, 0.6) is 0 Å². The van der Waals surface area contributed by atoms with Gasteiger partial charge in [0.15, 0.2) is 0 Å². The van der Waals surface area contributed by atoms with Gasteiger partial charge in [-0.15, -0.1) is 11.3 Å². The Bertz CT molecular complexity index is 376. The summed E-state index contributed by atoms with van der Waals surface area (Å²) in [6.45, 7) is 2.87. The number of rotatable bonds is 3. The van der Waals surface area contributed by atoms with Gasteiger partial charge in [-0.1, -0.05) is 6.92 Å². The van der Waals surface area contributed by atoms with E-state index in [2.05, 4.69) is 28.9 Å². The lowest BCUT2D eigenvalue weighted by molar-refractivity contribution is -0.132. The quantitative estimate of drug-likeness (QED) is 0.837. The summed E-state index contributed by atoms with van der Waals surface area (Å²) >= 11 is 5.11. The number of amides is 1. The maximum atomic E-state index is 11.8. The molecule has 1 aliphatic rings. The van der Waals surface area contributed by atoms with Gasteiger partial charge in [-0.3, -0.25) is 4.79 Å². The summed E-state index contributed by atoms with van der Waals surface area (Å²) in [5.41, 5.74) is 0. The van der Waals surface area contributed by atoms with Gasteiger partial charge in [0.05, 0.1) is 10.3 Å². The molecule has 0 spiro atoms. The fraction of sp³-hybridized carbons (Fsp3) is 0.545. The zero-order valence-corrected chi connectivity index (χ0v) is 11.3. The van der Waals surface area contributed by atoms with Gasteiger partial charge in [0.2, 0.25) is 5.91 Å². The Morgan fingerprint density at radius 1 is 1.67 bits per heavy atom. The number of hydrogen-bond acceptors (Lipinski definition) is 2. The van der Waals surface area contributed by atoms with Crippen molar-refractivity contribution < 1.29 is 4.79 Å². The standard InChI is InChI=1S/C11H14BrNOS/c1-7-5-9(7)11(14)13(2)6-8-3-4-10(12)15-8/h3-4,7,9H,5-6H2,1-2H3. The second-order valence-corrected chi connectivity index (χ2v) is 6.77. The molecular formula is C11H14BrNOS. The molecule has 1 amide bonds. The zero-order chi connectivity index (χ0) is 11.0. The molecule has 1 saturated carbocycles. The van der Waals surface area contributed by atoms with E-state index in [1.807, 2.05) is 18.0 Å². The fourth-order valence-electron chi connectivity index (χ4n) is 1.70. The van der Waals surface area contributed by atoms with E-state index in [0.717, 1.165) is 16.8 Å². The van der Waals surface area contributed by atoms with Crippen molar-refractivity contribution in [2.24, 2.45) is 11.8 Å². The lowest BCUT2D eigenvalue weighted by Crippen LogP contribution is -2.27. The molecule has 0 saturated heterocycles. The summed E-state index contributed by atoms with van der Waals surface area (Å²) in [5.74, 6) is 1.18. The molecule has 1 aliphatic carbocycles. The lowest BCUT2D eigenvalue weighted by Gasteiger charge is -2.15. The van der Waals surface area contributed by atoms with Crippen LogP contribution < -0.4 is 0 Å². The summed E-state index contributed by atoms with van der Waals surface area (Å²) < 4.78 is 1.12. The highest BCUT2D eigenvalue weighted by Gasteiger charge is 2.40. The van der Waals surface area contributed by atoms with E-state index in [1.165, 1.54) is 4.88 Å². The maximum Gasteiger partial charge on any atom is 0.226 e. The molecule has 0 N–H and O–H groups in total. The second kappa shape index (κ2) is 4.26. The zero-order valence-electron chi connectivity index (χ0n) is 8.87. The molecule has 1 heterocycles. The smallest absolute Gasteiger partial charge is 0.226 e. The SMILES string of the molecule is CC1CC1C(=O)N(C)Cc1ccc(Br)s1. The minimum absolute atomic E-state index is 0.290. The summed E-state index contributed by atoms with van der Waals surface area (Å²) in [4.78, 5) is 14.9. The number of nitrogens with zero attached hydrogens (tertiary/aromatic N) is 1. The first kappa shape index (κ1) is 11.1. The van der Waals surface area contributed by atoms with Crippen molar-refractivity contribution in [3.8, 4) is 0 Å². The van der Waals surface area contributed by atoms with E-state index in [9.17, 15) is 4.79 Å². The number of halogens is 1. The van der Waals surface area contributed by atoms with E-state index in [1.54, 1.807) is 11.3 Å². The Morgan fingerprint density at radius 2 is 2.33 bits per heavy atom. The van der Waals surface area contributed by atoms with Crippen LogP contribution in [0.15, 0.2) is 15.9 Å². The van der Waals surface area contributed by atoms with Crippen molar-refractivity contribution in [3.63, 3.8) is 0 Å². The largest absolute Gasteiger partial charge is 0.340 e. The highest BCUT2D eigenvalue weighted by atomic mass is 79.9. The molecule has 0 aliphatic heterocycles. The molecule has 4 heteroatoms. The predicted octanol–water partition coefficient (Wildman–Crippen LogP) is 3.13. The lowest BCUT2D eigenvalue weighted by atomic mass is 10.3. The predicted molar refractivity (Wildman–Crippen MR) is 65.8 cm³/mol. The molecule has 1 fully saturated rings. The normalized spacial score (nSPS) is 23.9. The van der Waals surface area contributed by atoms with Gasteiger partial charge in [-0.2, -0.15) is 0 Å². The van der Waals surface area contributed by atoms with Crippen LogP contribution in [-0.4, -0.2) is 17.9 Å². The van der Waals surface area contributed by atoms with Crippen molar-refractivity contribution >= 4 is 33.2 Å². The van der Waals surface area contributed by atoms with Crippen LogP contribution in [0.25, 0.3) is 0 Å². The minimum atomic E-state index is 0.290. The molecule has 0 radical (unpaired) electrons. The molecule has 0 bridgehead atoms. The average Bonchev–Trinajstić information content (AvgIpc) is 2.77. The van der Waals surface area contributed by atoms with Crippen LogP contribution in [0.3, 0.4) is 0 Å². The highest BCUT2D eigenvalue weighted by Crippen LogP contribution is 2.39. The molecule has 2 nitrogen and oxygen atoms in total. The Labute approximate surface area is 102 Å². The summed E-state index contributed by atoms with van der Waals surface area (Å²) in [7, 11) is 1.89. The first-order chi connectivity index (χ1) is 7.08. The van der Waals surface area contributed by atoms with Gasteiger partial charge in [-0.05, 0) is 40.4 Å². The van der Waals surface area contributed by atoms with Crippen molar-refractivity contribution in [1.82, 2.24) is 4.90 Å². The summed E-state index contributed by atoms with van der Waals surface area (Å²) in [6.07, 6.45) is 1.07. The van der Waals surface area contributed by atoms with Crippen LogP contribution in [-0.2, 0) is 11.3 Å². The third-order valence-electron chi connectivity index (χ3n) is 2.82. The van der Waals surface area contributed by atoms with Crippen molar-refractivity contribution in [3.05, 3.63) is 20.8 Å². The Hall–Kier alpha value is -0.350. The van der Waals surface area contributed by atoms with E-state index >= 15 is 0 Å².